The highest BCUT2D eigenvalue weighted by Gasteiger charge is 2.25. The van der Waals surface area contributed by atoms with E-state index >= 15 is 0 Å². The summed E-state index contributed by atoms with van der Waals surface area (Å²) in [4.78, 5) is 30.5. The summed E-state index contributed by atoms with van der Waals surface area (Å²) in [5.41, 5.74) is 1.19. The van der Waals surface area contributed by atoms with Gasteiger partial charge in [0.05, 0.1) is 43.9 Å². The van der Waals surface area contributed by atoms with Crippen molar-refractivity contribution in [2.45, 2.75) is 12.8 Å². The number of fused-ring (bicyclic) bond motifs is 1. The predicted octanol–water partition coefficient (Wildman–Crippen LogP) is 2.89. The fourth-order valence-electron chi connectivity index (χ4n) is 4.24. The fraction of sp³-hybridized carbons (Fsp3) is 0.440. The lowest BCUT2D eigenvalue weighted by molar-refractivity contribution is 0.122. The van der Waals surface area contributed by atoms with E-state index < -0.39 is 12.2 Å². The van der Waals surface area contributed by atoms with E-state index in [4.69, 9.17) is 9.47 Å². The van der Waals surface area contributed by atoms with Gasteiger partial charge in [-0.2, -0.15) is 15.0 Å². The average molecular weight is 556 g/mol. The molecule has 4 heterocycles. The van der Waals surface area contributed by atoms with Crippen molar-refractivity contribution in [2.24, 2.45) is 0 Å². The second-order valence-corrected chi connectivity index (χ2v) is 9.30. The molecule has 1 aliphatic rings. The maximum absolute atomic E-state index is 14.2. The van der Waals surface area contributed by atoms with E-state index in [0.717, 1.165) is 19.5 Å². The zero-order valence-electron chi connectivity index (χ0n) is 22.5. The first-order chi connectivity index (χ1) is 19.4. The van der Waals surface area contributed by atoms with Gasteiger partial charge in [0.1, 0.15) is 11.3 Å². The molecule has 2 N–H and O–H groups in total. The van der Waals surface area contributed by atoms with E-state index in [1.165, 1.54) is 11.7 Å². The Hall–Kier alpha value is -4.24. The van der Waals surface area contributed by atoms with E-state index in [0.29, 0.717) is 55.2 Å². The van der Waals surface area contributed by atoms with Gasteiger partial charge in [-0.1, -0.05) is 6.07 Å². The number of hydrogen-bond donors (Lipinski definition) is 2. The average Bonchev–Trinajstić information content (AvgIpc) is 3.37. The smallest absolute Gasteiger partial charge is 0.296 e. The molecule has 5 rings (SSSR count). The minimum atomic E-state index is -2.89. The lowest BCUT2D eigenvalue weighted by Gasteiger charge is -2.27. The number of aromatic nitrogens is 7. The number of rotatable bonds is 11. The van der Waals surface area contributed by atoms with Crippen LogP contribution in [0.15, 0.2) is 30.6 Å². The SMILES string of the molecule is COc1cccc2c1nc(C(F)F)n2-c1nc(Nc2cnc(NCCCN(C)C)nc2)nc(N2CCOCC2)n1. The summed E-state index contributed by atoms with van der Waals surface area (Å²) in [6, 6.07) is 5.03. The first-order valence-corrected chi connectivity index (χ1v) is 12.8. The van der Waals surface area contributed by atoms with Gasteiger partial charge in [0.25, 0.3) is 6.43 Å². The molecule has 0 spiro atoms. The van der Waals surface area contributed by atoms with Gasteiger partial charge in [-0.25, -0.2) is 23.7 Å². The van der Waals surface area contributed by atoms with Crippen molar-refractivity contribution in [3.05, 3.63) is 36.4 Å². The van der Waals surface area contributed by atoms with Gasteiger partial charge >= 0.3 is 0 Å². The number of nitrogens with one attached hydrogen (secondary N) is 2. The number of para-hydroxylation sites is 1. The number of methoxy groups -OCH3 is 1. The van der Waals surface area contributed by atoms with Crippen LogP contribution in [0.3, 0.4) is 0 Å². The summed E-state index contributed by atoms with van der Waals surface area (Å²) in [5.74, 6) is 0.817. The third-order valence-corrected chi connectivity index (χ3v) is 6.17. The molecule has 15 heteroatoms. The summed E-state index contributed by atoms with van der Waals surface area (Å²) < 4.78 is 40.5. The zero-order chi connectivity index (χ0) is 28.1. The maximum atomic E-state index is 14.2. The summed E-state index contributed by atoms with van der Waals surface area (Å²) in [6.45, 7) is 3.76. The minimum Gasteiger partial charge on any atom is -0.494 e. The third-order valence-electron chi connectivity index (χ3n) is 6.17. The Balaban J connectivity index is 1.49. The molecule has 0 amide bonds. The van der Waals surface area contributed by atoms with Crippen LogP contribution in [0.2, 0.25) is 0 Å². The normalized spacial score (nSPS) is 13.8. The molecule has 4 aromatic rings. The number of ether oxygens (including phenoxy) is 2. The lowest BCUT2D eigenvalue weighted by Crippen LogP contribution is -2.37. The summed E-state index contributed by atoms with van der Waals surface area (Å²) >= 11 is 0. The van der Waals surface area contributed by atoms with Gasteiger partial charge in [0, 0.05) is 19.6 Å². The van der Waals surface area contributed by atoms with Crippen molar-refractivity contribution in [3.8, 4) is 11.7 Å². The Morgan fingerprint density at radius 1 is 1.02 bits per heavy atom. The van der Waals surface area contributed by atoms with Crippen LogP contribution in [0.1, 0.15) is 18.7 Å². The Kier molecular flexibility index (Phi) is 8.40. The van der Waals surface area contributed by atoms with Gasteiger partial charge in [0.15, 0.2) is 5.82 Å². The molecule has 1 aliphatic heterocycles. The van der Waals surface area contributed by atoms with Gasteiger partial charge in [0.2, 0.25) is 23.8 Å². The number of alkyl halides is 2. The number of nitrogens with zero attached hydrogens (tertiary/aromatic N) is 9. The summed E-state index contributed by atoms with van der Waals surface area (Å²) in [5, 5.41) is 6.27. The predicted molar refractivity (Wildman–Crippen MR) is 146 cm³/mol. The van der Waals surface area contributed by atoms with Gasteiger partial charge in [-0.3, -0.25) is 4.57 Å². The number of morpholine rings is 1. The quantitative estimate of drug-likeness (QED) is 0.264. The van der Waals surface area contributed by atoms with E-state index in [-0.39, 0.29) is 17.4 Å². The fourth-order valence-corrected chi connectivity index (χ4v) is 4.24. The van der Waals surface area contributed by atoms with Crippen LogP contribution >= 0.6 is 0 Å². The zero-order valence-corrected chi connectivity index (χ0v) is 22.5. The number of imidazole rings is 1. The van der Waals surface area contributed by atoms with Crippen molar-refractivity contribution < 1.29 is 18.3 Å². The third kappa shape index (κ3) is 6.15. The molecule has 0 radical (unpaired) electrons. The van der Waals surface area contributed by atoms with E-state index in [9.17, 15) is 8.78 Å². The van der Waals surface area contributed by atoms with Crippen molar-refractivity contribution in [3.63, 3.8) is 0 Å². The number of anilines is 4. The molecule has 3 aromatic heterocycles. The van der Waals surface area contributed by atoms with Crippen molar-refractivity contribution in [1.29, 1.82) is 0 Å². The molecule has 1 fully saturated rings. The second-order valence-electron chi connectivity index (χ2n) is 9.30. The Morgan fingerprint density at radius 2 is 1.77 bits per heavy atom. The molecule has 0 atom stereocenters. The molecular weight excluding hydrogens is 524 g/mol. The molecule has 40 heavy (non-hydrogen) atoms. The van der Waals surface area contributed by atoms with Crippen LogP contribution in [0.25, 0.3) is 17.0 Å². The largest absolute Gasteiger partial charge is 0.494 e. The maximum Gasteiger partial charge on any atom is 0.296 e. The van der Waals surface area contributed by atoms with Crippen LogP contribution < -0.4 is 20.3 Å². The topological polar surface area (TPSA) is 131 Å². The molecule has 1 aromatic carbocycles. The first-order valence-electron chi connectivity index (χ1n) is 12.8. The number of halogens is 2. The van der Waals surface area contributed by atoms with E-state index in [2.05, 4.69) is 45.4 Å². The molecule has 13 nitrogen and oxygen atoms in total. The van der Waals surface area contributed by atoms with Gasteiger partial charge in [-0.15, -0.1) is 0 Å². The highest BCUT2D eigenvalue weighted by atomic mass is 19.3. The van der Waals surface area contributed by atoms with Crippen molar-refractivity contribution in [1.82, 2.24) is 39.4 Å². The number of hydrogen-bond acceptors (Lipinski definition) is 12. The molecule has 0 aliphatic carbocycles. The van der Waals surface area contributed by atoms with E-state index in [1.807, 2.05) is 19.0 Å². The van der Waals surface area contributed by atoms with Crippen LogP contribution in [0.5, 0.6) is 5.75 Å². The highest BCUT2D eigenvalue weighted by molar-refractivity contribution is 5.84. The van der Waals surface area contributed by atoms with Crippen LogP contribution in [-0.2, 0) is 4.74 Å². The lowest BCUT2D eigenvalue weighted by atomic mass is 10.3. The van der Waals surface area contributed by atoms with E-state index in [1.54, 1.807) is 30.6 Å². The van der Waals surface area contributed by atoms with Crippen LogP contribution in [-0.4, -0.2) is 100.0 Å². The van der Waals surface area contributed by atoms with Crippen molar-refractivity contribution >= 4 is 34.6 Å². The highest BCUT2D eigenvalue weighted by Crippen LogP contribution is 2.32. The van der Waals surface area contributed by atoms with Crippen LogP contribution in [0.4, 0.5) is 32.3 Å². The summed E-state index contributed by atoms with van der Waals surface area (Å²) in [6.07, 6.45) is 1.26. The van der Waals surface area contributed by atoms with Gasteiger partial charge in [-0.05, 0) is 39.2 Å². The summed E-state index contributed by atoms with van der Waals surface area (Å²) in [7, 11) is 5.51. The standard InChI is InChI=1S/C25H31F2N11O2/c1-36(2)9-5-8-28-22-29-14-16(15-30-22)31-23-33-24(37-10-12-40-13-11-37)35-25(34-23)38-17-6-4-7-18(39-3)19(17)32-21(38)20(26)27/h4,6-7,14-15,20H,5,8-13H2,1-3H3,(H,28,29,30)(H,31,33,34,35). The second kappa shape index (κ2) is 12.3. The Bertz CT molecular complexity index is 1430. The Labute approximate surface area is 229 Å². The number of benzene rings is 1. The molecule has 0 bridgehead atoms. The minimum absolute atomic E-state index is 0.00913. The monoisotopic (exact) mass is 555 g/mol. The molecule has 1 saturated heterocycles. The van der Waals surface area contributed by atoms with Gasteiger partial charge < -0.3 is 29.9 Å². The first kappa shape index (κ1) is 27.3. The van der Waals surface area contributed by atoms with Crippen molar-refractivity contribution in [2.75, 3.05) is 76.1 Å². The molecule has 212 valence electrons. The molecule has 0 saturated carbocycles. The Morgan fingerprint density at radius 3 is 2.48 bits per heavy atom. The molecular formula is C25H31F2N11O2. The van der Waals surface area contributed by atoms with Crippen LogP contribution in [0, 0.1) is 0 Å². The molecule has 0 unspecified atom stereocenters.